The van der Waals surface area contributed by atoms with E-state index in [1.807, 2.05) is 69.0 Å². The third-order valence-electron chi connectivity index (χ3n) is 12.9. The van der Waals surface area contributed by atoms with Crippen molar-refractivity contribution in [3.63, 3.8) is 0 Å². The fourth-order valence-corrected chi connectivity index (χ4v) is 9.41. The van der Waals surface area contributed by atoms with Crippen LogP contribution in [0.5, 0.6) is 23.0 Å². The molecule has 2 atom stereocenters. The Labute approximate surface area is 453 Å². The Kier molecular flexibility index (Phi) is 21.8. The molecule has 0 spiro atoms. The number of halogens is 2. The van der Waals surface area contributed by atoms with Crippen molar-refractivity contribution >= 4 is 35.1 Å². The highest BCUT2D eigenvalue weighted by Crippen LogP contribution is 2.38. The summed E-state index contributed by atoms with van der Waals surface area (Å²) in [5, 5.41) is 57.2. The van der Waals surface area contributed by atoms with Crippen LogP contribution in [0.3, 0.4) is 0 Å². The van der Waals surface area contributed by atoms with Crippen LogP contribution in [0.4, 0.5) is 0 Å². The predicted octanol–water partition coefficient (Wildman–Crippen LogP) is 9.95. The van der Waals surface area contributed by atoms with Gasteiger partial charge in [0.25, 0.3) is 0 Å². The molecule has 0 saturated heterocycles. The SMILES string of the molecule is CCCN(Cc1cc(Cl)c(OCc2cccc(-c3cccc(COc4cc(OCc5cncc(C#N)c5)c(CN(CCC)[C@@H](CC[OH2+])C(=O)O)cc4Cl)c3C)c2C)cc1OCc1cncc(C#N)c1)[C@@H](CCO)C(=O)O. The van der Waals surface area contributed by atoms with Gasteiger partial charge in [-0.05, 0) is 104 Å². The van der Waals surface area contributed by atoms with Gasteiger partial charge in [0.1, 0.15) is 80.3 Å². The maximum absolute atomic E-state index is 12.4. The molecule has 0 unspecified atom stereocenters. The minimum absolute atomic E-state index is 0.0405. The van der Waals surface area contributed by atoms with Crippen LogP contribution in [0, 0.1) is 36.5 Å². The molecule has 16 nitrogen and oxygen atoms in total. The maximum atomic E-state index is 12.4. The Hall–Kier alpha value is -7.28. The van der Waals surface area contributed by atoms with Crippen molar-refractivity contribution in [2.24, 2.45) is 0 Å². The molecule has 0 aliphatic heterocycles. The predicted molar refractivity (Wildman–Crippen MR) is 289 cm³/mol. The van der Waals surface area contributed by atoms with Gasteiger partial charge in [-0.1, -0.05) is 73.4 Å². The fourth-order valence-electron chi connectivity index (χ4n) is 8.93. The van der Waals surface area contributed by atoms with E-state index >= 15 is 0 Å². The van der Waals surface area contributed by atoms with Gasteiger partial charge in [0.05, 0.1) is 21.2 Å². The third-order valence-corrected chi connectivity index (χ3v) is 13.4. The number of aliphatic hydroxyl groups is 1. The number of hydrogen-bond donors (Lipinski definition) is 3. The summed E-state index contributed by atoms with van der Waals surface area (Å²) in [5.41, 5.74) is 9.00. The summed E-state index contributed by atoms with van der Waals surface area (Å²) in [5.74, 6) is -0.544. The number of carbonyl (C=O) groups is 2. The van der Waals surface area contributed by atoms with Gasteiger partial charge in [-0.15, -0.1) is 0 Å². The topological polar surface area (TPSA) is 234 Å². The van der Waals surface area contributed by atoms with Crippen molar-refractivity contribution in [3.05, 3.63) is 163 Å². The van der Waals surface area contributed by atoms with Gasteiger partial charge in [0, 0.05) is 85.3 Å². The van der Waals surface area contributed by atoms with Crippen LogP contribution >= 0.6 is 23.2 Å². The quantitative estimate of drug-likeness (QED) is 0.0371. The summed E-state index contributed by atoms with van der Waals surface area (Å²) >= 11 is 13.9. The number of aliphatic carboxylic acids is 2. The zero-order valence-corrected chi connectivity index (χ0v) is 44.5. The lowest BCUT2D eigenvalue weighted by Crippen LogP contribution is -2.42. The number of benzene rings is 4. The molecule has 0 aliphatic rings. The third kappa shape index (κ3) is 15.4. The zero-order chi connectivity index (χ0) is 54.7. The number of nitriles is 2. The number of aromatic nitrogens is 2. The molecule has 2 heterocycles. The number of hydrogen-bond acceptors (Lipinski definition) is 13. The van der Waals surface area contributed by atoms with E-state index in [4.69, 9.17) is 47.3 Å². The first-order chi connectivity index (χ1) is 36.7. The second-order valence-corrected chi connectivity index (χ2v) is 19.0. The highest BCUT2D eigenvalue weighted by Gasteiger charge is 2.29. The van der Waals surface area contributed by atoms with E-state index in [9.17, 15) is 35.4 Å². The zero-order valence-electron chi connectivity index (χ0n) is 43.0. The van der Waals surface area contributed by atoms with Crippen molar-refractivity contribution in [1.82, 2.24) is 19.8 Å². The van der Waals surface area contributed by atoms with E-state index in [0.717, 1.165) is 33.4 Å². The minimum atomic E-state index is -1.05. The molecule has 4 aromatic carbocycles. The molecule has 0 aliphatic carbocycles. The number of pyridine rings is 2. The Bertz CT molecular complexity index is 2850. The summed E-state index contributed by atoms with van der Waals surface area (Å²) in [6.07, 6.45) is 7.68. The summed E-state index contributed by atoms with van der Waals surface area (Å²) < 4.78 is 25.6. The number of rotatable bonds is 29. The fraction of sp³-hybridized carbons (Fsp3) is 0.345. The lowest BCUT2D eigenvalue weighted by molar-refractivity contribution is -0.145. The minimum Gasteiger partial charge on any atom is -0.488 e. The van der Waals surface area contributed by atoms with E-state index in [2.05, 4.69) is 22.1 Å². The second kappa shape index (κ2) is 28.6. The van der Waals surface area contributed by atoms with Crippen LogP contribution in [-0.4, -0.2) is 90.5 Å². The Morgan fingerprint density at radius 1 is 0.618 bits per heavy atom. The van der Waals surface area contributed by atoms with Gasteiger partial charge in [-0.3, -0.25) is 29.4 Å². The van der Waals surface area contributed by atoms with E-state index in [1.54, 1.807) is 53.7 Å². The summed E-state index contributed by atoms with van der Waals surface area (Å²) in [7, 11) is 0. The molecule has 2 aromatic heterocycles. The normalized spacial score (nSPS) is 11.9. The Balaban J connectivity index is 1.25. The second-order valence-electron chi connectivity index (χ2n) is 18.2. The molecule has 0 amide bonds. The van der Waals surface area contributed by atoms with Gasteiger partial charge in [0.2, 0.25) is 0 Å². The lowest BCUT2D eigenvalue weighted by Gasteiger charge is -2.29. The van der Waals surface area contributed by atoms with Gasteiger partial charge in [-0.2, -0.15) is 10.5 Å². The molecule has 76 heavy (non-hydrogen) atoms. The molecule has 6 aromatic rings. The molecule has 0 bridgehead atoms. The number of ether oxygens (including phenoxy) is 4. The van der Waals surface area contributed by atoms with Crippen molar-refractivity contribution in [3.8, 4) is 46.3 Å². The van der Waals surface area contributed by atoms with Crippen LogP contribution in [0.15, 0.2) is 97.6 Å². The Morgan fingerprint density at radius 2 is 1.04 bits per heavy atom. The average Bonchev–Trinajstić information content (AvgIpc) is 3.42. The highest BCUT2D eigenvalue weighted by atomic mass is 35.5. The van der Waals surface area contributed by atoms with Crippen LogP contribution < -0.4 is 18.9 Å². The molecule has 0 radical (unpaired) electrons. The monoisotopic (exact) mass is 1070 g/mol. The number of aliphatic hydroxyl groups excluding tert-OH is 1. The van der Waals surface area contributed by atoms with Crippen LogP contribution in [0.25, 0.3) is 11.1 Å². The van der Waals surface area contributed by atoms with Crippen molar-refractivity contribution in [1.29, 1.82) is 10.5 Å². The summed E-state index contributed by atoms with van der Waals surface area (Å²) in [4.78, 5) is 36.6. The summed E-state index contributed by atoms with van der Waals surface area (Å²) in [6.45, 7) is 9.30. The number of nitrogens with zero attached hydrogens (tertiary/aromatic N) is 6. The van der Waals surface area contributed by atoms with E-state index in [0.29, 0.717) is 92.4 Å². The van der Waals surface area contributed by atoms with Crippen LogP contribution in [0.2, 0.25) is 10.0 Å². The van der Waals surface area contributed by atoms with Gasteiger partial charge < -0.3 is 39.4 Å². The van der Waals surface area contributed by atoms with Crippen molar-refractivity contribution in [2.45, 2.75) is 105 Å². The standard InChI is InChI=1S/C58H62Cl2N6O10/c1-5-15-65(51(13-17-67)57(69)70)31-45-21-49(59)55(23-53(45)73-33-41-19-39(25-61)27-63-29-41)75-35-43-9-7-11-47(37(43)3)48-12-8-10-44(38(48)4)36-76-56-24-54(74-34-42-20-40(26-62)28-64-30-42)46(22-50(56)60)32-66(16-6-2)52(14-18-68)58(71)72/h7-12,19-24,27-30,51-52,67-68H,5-6,13-18,31-36H2,1-4H3,(H,69,70)(H,71,72)/p+1/t51-,52-/m0/s1. The van der Waals surface area contributed by atoms with Crippen LogP contribution in [-0.2, 0) is 49.1 Å². The smallest absolute Gasteiger partial charge is 0.321 e. The lowest BCUT2D eigenvalue weighted by atomic mass is 9.92. The van der Waals surface area contributed by atoms with Crippen molar-refractivity contribution < 1.29 is 49.0 Å². The molecule has 0 fully saturated rings. The van der Waals surface area contributed by atoms with Crippen LogP contribution in [0.1, 0.15) is 95.2 Å². The molecule has 18 heteroatoms. The molecule has 5 N–H and O–H groups in total. The van der Waals surface area contributed by atoms with E-state index in [1.165, 1.54) is 12.4 Å². The van der Waals surface area contributed by atoms with E-state index < -0.39 is 24.0 Å². The number of carboxylic acids is 2. The number of carboxylic acid groups (broad SMARTS) is 2. The largest absolute Gasteiger partial charge is 0.488 e. The van der Waals surface area contributed by atoms with Gasteiger partial charge in [-0.25, -0.2) is 0 Å². The first-order valence-corrected chi connectivity index (χ1v) is 25.7. The Morgan fingerprint density at radius 3 is 1.42 bits per heavy atom. The maximum Gasteiger partial charge on any atom is 0.321 e. The summed E-state index contributed by atoms with van der Waals surface area (Å²) in [6, 6.07) is 24.5. The first kappa shape index (κ1) is 58.0. The highest BCUT2D eigenvalue weighted by molar-refractivity contribution is 6.32. The van der Waals surface area contributed by atoms with E-state index in [-0.39, 0.29) is 65.6 Å². The molecular weight excluding hydrogens is 1010 g/mol. The van der Waals surface area contributed by atoms with Gasteiger partial charge in [0.15, 0.2) is 0 Å². The average molecular weight is 1080 g/mol. The molecule has 398 valence electrons. The molecule has 0 saturated carbocycles. The van der Waals surface area contributed by atoms with Crippen molar-refractivity contribution in [2.75, 3.05) is 26.3 Å². The molecule has 6 rings (SSSR count). The molecular formula is C58H63Cl2N6O10+. The van der Waals surface area contributed by atoms with Gasteiger partial charge >= 0.3 is 11.9 Å². The first-order valence-electron chi connectivity index (χ1n) is 24.9.